The zero-order chi connectivity index (χ0) is 23.2. The van der Waals surface area contributed by atoms with Crippen LogP contribution in [0.5, 0.6) is 5.75 Å². The molecule has 5 rings (SSSR count). The molecule has 182 valence electrons. The largest absolute Gasteiger partial charge is 0.384 e. The molecule has 10 heteroatoms. The summed E-state index contributed by atoms with van der Waals surface area (Å²) in [5.41, 5.74) is 3.88. The second kappa shape index (κ2) is 9.58. The van der Waals surface area contributed by atoms with Crippen LogP contribution >= 0.6 is 12.4 Å². The molecule has 1 saturated heterocycles. The number of halogens is 1. The summed E-state index contributed by atoms with van der Waals surface area (Å²) in [6.07, 6.45) is 3.65. The zero-order valence-corrected chi connectivity index (χ0v) is 20.9. The van der Waals surface area contributed by atoms with Crippen molar-refractivity contribution >= 4 is 39.5 Å². The number of rotatable bonds is 6. The van der Waals surface area contributed by atoms with E-state index in [0.717, 1.165) is 46.2 Å². The lowest BCUT2D eigenvalue weighted by Gasteiger charge is -2.28. The first-order valence-electron chi connectivity index (χ1n) is 11.2. The van der Waals surface area contributed by atoms with Gasteiger partial charge in [-0.15, -0.1) is 12.4 Å². The molecule has 2 aliphatic heterocycles. The maximum Gasteiger partial charge on any atom is 0.384 e. The van der Waals surface area contributed by atoms with E-state index in [2.05, 4.69) is 33.0 Å². The van der Waals surface area contributed by atoms with Gasteiger partial charge in [0.05, 0.1) is 17.9 Å². The molecule has 34 heavy (non-hydrogen) atoms. The SMILES string of the molecule is CN(C)S(=O)(=O)Oc1ccc(-c2cc3ccccc3n2CN2CCCCC2)c2c1CNC2=O.Cl. The molecular weight excluding hydrogens is 476 g/mol. The smallest absolute Gasteiger partial charge is 0.370 e. The number of carbonyl (C=O) groups excluding carboxylic acids is 1. The van der Waals surface area contributed by atoms with Crippen LogP contribution in [-0.2, 0) is 23.5 Å². The number of nitrogens with one attached hydrogen (secondary N) is 1. The van der Waals surface area contributed by atoms with E-state index < -0.39 is 10.3 Å². The number of piperidine rings is 1. The minimum Gasteiger partial charge on any atom is -0.370 e. The Balaban J connectivity index is 0.00000274. The van der Waals surface area contributed by atoms with Gasteiger partial charge in [-0.25, -0.2) is 0 Å². The molecule has 0 aliphatic carbocycles. The number of carbonyl (C=O) groups is 1. The summed E-state index contributed by atoms with van der Waals surface area (Å²) in [4.78, 5) is 15.3. The third kappa shape index (κ3) is 4.40. The van der Waals surface area contributed by atoms with Crippen LogP contribution in [0.1, 0.15) is 35.2 Å². The molecule has 1 fully saturated rings. The van der Waals surface area contributed by atoms with Crippen molar-refractivity contribution < 1.29 is 17.4 Å². The van der Waals surface area contributed by atoms with Gasteiger partial charge in [-0.2, -0.15) is 12.7 Å². The van der Waals surface area contributed by atoms with Crippen molar-refractivity contribution in [1.29, 1.82) is 0 Å². The van der Waals surface area contributed by atoms with E-state index >= 15 is 0 Å². The number of amides is 1. The predicted molar refractivity (Wildman–Crippen MR) is 134 cm³/mol. The summed E-state index contributed by atoms with van der Waals surface area (Å²) in [7, 11) is -1.12. The van der Waals surface area contributed by atoms with Crippen molar-refractivity contribution in [3.63, 3.8) is 0 Å². The van der Waals surface area contributed by atoms with Gasteiger partial charge in [0.15, 0.2) is 0 Å². The van der Waals surface area contributed by atoms with Gasteiger partial charge in [0.2, 0.25) is 0 Å². The molecule has 8 nitrogen and oxygen atoms in total. The molecule has 1 N–H and O–H groups in total. The molecule has 1 amide bonds. The Labute approximate surface area is 206 Å². The number of fused-ring (bicyclic) bond motifs is 2. The first-order chi connectivity index (χ1) is 15.8. The average molecular weight is 505 g/mol. The highest BCUT2D eigenvalue weighted by atomic mass is 35.5. The molecule has 2 aliphatic rings. The maximum absolute atomic E-state index is 12.9. The lowest BCUT2D eigenvalue weighted by molar-refractivity contribution is 0.0966. The third-order valence-corrected chi connectivity index (χ3v) is 7.73. The number of nitrogens with zero attached hydrogens (tertiary/aromatic N) is 3. The van der Waals surface area contributed by atoms with E-state index in [9.17, 15) is 13.2 Å². The summed E-state index contributed by atoms with van der Waals surface area (Å²) < 4.78 is 33.3. The highest BCUT2D eigenvalue weighted by Crippen LogP contribution is 2.38. The fourth-order valence-electron chi connectivity index (χ4n) is 4.69. The molecule has 3 aromatic rings. The van der Waals surface area contributed by atoms with E-state index in [1.165, 1.54) is 33.4 Å². The summed E-state index contributed by atoms with van der Waals surface area (Å²) in [6, 6.07) is 13.8. The number of benzene rings is 2. The van der Waals surface area contributed by atoms with Crippen molar-refractivity contribution in [2.45, 2.75) is 32.5 Å². The molecule has 0 bridgehead atoms. The second-order valence-corrected chi connectivity index (χ2v) is 10.6. The van der Waals surface area contributed by atoms with Crippen molar-refractivity contribution in [3.05, 3.63) is 53.6 Å². The molecule has 0 atom stereocenters. The van der Waals surface area contributed by atoms with E-state index in [0.29, 0.717) is 11.1 Å². The molecule has 0 saturated carbocycles. The van der Waals surface area contributed by atoms with Gasteiger partial charge in [-0.1, -0.05) is 24.6 Å². The summed E-state index contributed by atoms with van der Waals surface area (Å²) in [5, 5.41) is 3.94. The van der Waals surface area contributed by atoms with Gasteiger partial charge in [-0.3, -0.25) is 9.69 Å². The van der Waals surface area contributed by atoms with E-state index in [-0.39, 0.29) is 30.6 Å². The average Bonchev–Trinajstić information content (AvgIpc) is 3.36. The molecule has 2 aromatic carbocycles. The molecule has 0 radical (unpaired) electrons. The normalized spacial score (nSPS) is 16.4. The minimum absolute atomic E-state index is 0. The van der Waals surface area contributed by atoms with Crippen LogP contribution in [0.3, 0.4) is 0 Å². The molecule has 0 unspecified atom stereocenters. The van der Waals surface area contributed by atoms with Crippen LogP contribution < -0.4 is 9.50 Å². The Morgan fingerprint density at radius 1 is 1.06 bits per heavy atom. The quantitative estimate of drug-likeness (QED) is 0.554. The van der Waals surface area contributed by atoms with Crippen molar-refractivity contribution in [1.82, 2.24) is 19.1 Å². The van der Waals surface area contributed by atoms with Crippen LogP contribution in [-0.4, -0.2) is 55.3 Å². The van der Waals surface area contributed by atoms with Crippen LogP contribution in [0, 0.1) is 0 Å². The molecular formula is C24H29ClN4O4S. The predicted octanol–water partition coefficient (Wildman–Crippen LogP) is 3.60. The van der Waals surface area contributed by atoms with Gasteiger partial charge in [-0.05, 0) is 50.2 Å². The second-order valence-electron chi connectivity index (χ2n) is 8.81. The number of aromatic nitrogens is 1. The van der Waals surface area contributed by atoms with Crippen LogP contribution in [0.4, 0.5) is 0 Å². The third-order valence-electron chi connectivity index (χ3n) is 6.44. The lowest BCUT2D eigenvalue weighted by Crippen LogP contribution is -2.31. The zero-order valence-electron chi connectivity index (χ0n) is 19.3. The van der Waals surface area contributed by atoms with Crippen molar-refractivity contribution in [2.24, 2.45) is 0 Å². The lowest BCUT2D eigenvalue weighted by atomic mass is 9.99. The summed E-state index contributed by atoms with van der Waals surface area (Å²) in [6.45, 7) is 3.08. The Hall–Kier alpha value is -2.59. The van der Waals surface area contributed by atoms with Gasteiger partial charge in [0, 0.05) is 42.7 Å². The van der Waals surface area contributed by atoms with Gasteiger partial charge >= 0.3 is 10.3 Å². The van der Waals surface area contributed by atoms with E-state index in [1.54, 1.807) is 12.1 Å². The van der Waals surface area contributed by atoms with Crippen LogP contribution in [0.25, 0.3) is 22.2 Å². The van der Waals surface area contributed by atoms with Gasteiger partial charge < -0.3 is 14.1 Å². The molecule has 0 spiro atoms. The van der Waals surface area contributed by atoms with E-state index in [1.807, 2.05) is 12.1 Å². The number of likely N-dealkylation sites (tertiary alicyclic amines) is 1. The summed E-state index contributed by atoms with van der Waals surface area (Å²) in [5.74, 6) is -0.0398. The Bertz CT molecular complexity index is 1330. The summed E-state index contributed by atoms with van der Waals surface area (Å²) >= 11 is 0. The van der Waals surface area contributed by atoms with Gasteiger partial charge in [0.1, 0.15) is 5.75 Å². The highest BCUT2D eigenvalue weighted by Gasteiger charge is 2.30. The van der Waals surface area contributed by atoms with Crippen LogP contribution in [0.15, 0.2) is 42.5 Å². The topological polar surface area (TPSA) is 83.9 Å². The Morgan fingerprint density at radius 3 is 2.53 bits per heavy atom. The maximum atomic E-state index is 12.9. The first-order valence-corrected chi connectivity index (χ1v) is 12.6. The van der Waals surface area contributed by atoms with E-state index in [4.69, 9.17) is 4.18 Å². The van der Waals surface area contributed by atoms with Gasteiger partial charge in [0.25, 0.3) is 5.91 Å². The van der Waals surface area contributed by atoms with Crippen molar-refractivity contribution in [3.8, 4) is 17.0 Å². The fourth-order valence-corrected chi connectivity index (χ4v) is 5.22. The van der Waals surface area contributed by atoms with Crippen molar-refractivity contribution in [2.75, 3.05) is 27.2 Å². The Morgan fingerprint density at radius 2 is 1.79 bits per heavy atom. The standard InChI is InChI=1S/C24H28N4O4S.ClH/c1-26(2)33(30,31)32-22-11-10-18(23-19(22)15-25-24(23)29)21-14-17-8-4-5-9-20(17)28(21)16-27-12-6-3-7-13-27;/h4-5,8-11,14H,3,6-7,12-13,15-16H2,1-2H3,(H,25,29);1H. The van der Waals surface area contributed by atoms with Crippen LogP contribution in [0.2, 0.25) is 0 Å². The number of para-hydroxylation sites is 1. The highest BCUT2D eigenvalue weighted by molar-refractivity contribution is 7.84. The minimum atomic E-state index is -3.93. The Kier molecular flexibility index (Phi) is 6.91. The fraction of sp³-hybridized carbons (Fsp3) is 0.375. The molecule has 3 heterocycles. The number of hydrogen-bond acceptors (Lipinski definition) is 5. The number of hydrogen-bond donors (Lipinski definition) is 1. The monoisotopic (exact) mass is 504 g/mol. The first kappa shape index (κ1) is 24.5. The molecule has 1 aromatic heterocycles.